The van der Waals surface area contributed by atoms with Gasteiger partial charge in [0.25, 0.3) is 5.91 Å². The standard InChI is InChI=1S/C15H21NO3/c1-4-11-5-7-12(8-6-11)14(17)16-9-13(10(2)3)15(18)19/h5-8,10,13H,4,9H2,1-3H3,(H,16,17)(H,18,19). The van der Waals surface area contributed by atoms with Gasteiger partial charge in [-0.05, 0) is 30.0 Å². The second-order valence-electron chi connectivity index (χ2n) is 4.95. The molecule has 0 fully saturated rings. The highest BCUT2D eigenvalue weighted by Crippen LogP contribution is 2.10. The minimum absolute atomic E-state index is 0.0136. The van der Waals surface area contributed by atoms with Gasteiger partial charge in [0.15, 0.2) is 0 Å². The molecule has 1 amide bonds. The number of benzene rings is 1. The first-order valence-corrected chi connectivity index (χ1v) is 6.55. The molecule has 1 atom stereocenters. The van der Waals surface area contributed by atoms with Gasteiger partial charge in [-0.2, -0.15) is 0 Å². The lowest BCUT2D eigenvalue weighted by molar-refractivity contribution is -0.142. The van der Waals surface area contributed by atoms with Crippen LogP contribution in [-0.4, -0.2) is 23.5 Å². The second kappa shape index (κ2) is 6.92. The van der Waals surface area contributed by atoms with Gasteiger partial charge in [-0.15, -0.1) is 0 Å². The Kier molecular flexibility index (Phi) is 5.55. The van der Waals surface area contributed by atoms with Crippen LogP contribution >= 0.6 is 0 Å². The molecule has 0 aliphatic heterocycles. The summed E-state index contributed by atoms with van der Waals surface area (Å²) < 4.78 is 0. The van der Waals surface area contributed by atoms with Crippen molar-refractivity contribution >= 4 is 11.9 Å². The van der Waals surface area contributed by atoms with Crippen molar-refractivity contribution in [1.29, 1.82) is 0 Å². The van der Waals surface area contributed by atoms with E-state index in [1.165, 1.54) is 5.56 Å². The number of carboxylic acids is 1. The fourth-order valence-electron chi connectivity index (χ4n) is 1.80. The summed E-state index contributed by atoms with van der Waals surface area (Å²) in [6.07, 6.45) is 0.927. The number of aliphatic carboxylic acids is 1. The van der Waals surface area contributed by atoms with Crippen molar-refractivity contribution in [3.05, 3.63) is 35.4 Å². The molecule has 1 rings (SSSR count). The molecule has 0 aliphatic carbocycles. The van der Waals surface area contributed by atoms with Crippen molar-refractivity contribution in [2.24, 2.45) is 11.8 Å². The predicted molar refractivity (Wildman–Crippen MR) is 74.1 cm³/mol. The van der Waals surface area contributed by atoms with Crippen molar-refractivity contribution in [3.63, 3.8) is 0 Å². The molecule has 0 spiro atoms. The molecule has 4 nitrogen and oxygen atoms in total. The zero-order valence-electron chi connectivity index (χ0n) is 11.6. The van der Waals surface area contributed by atoms with E-state index in [-0.39, 0.29) is 18.4 Å². The highest BCUT2D eigenvalue weighted by molar-refractivity contribution is 5.94. The van der Waals surface area contributed by atoms with E-state index in [9.17, 15) is 9.59 Å². The number of carbonyl (C=O) groups excluding carboxylic acids is 1. The molecule has 0 aromatic heterocycles. The zero-order chi connectivity index (χ0) is 14.4. The topological polar surface area (TPSA) is 66.4 Å². The summed E-state index contributed by atoms with van der Waals surface area (Å²) >= 11 is 0. The van der Waals surface area contributed by atoms with E-state index in [0.717, 1.165) is 6.42 Å². The quantitative estimate of drug-likeness (QED) is 0.827. The maximum atomic E-state index is 11.9. The van der Waals surface area contributed by atoms with E-state index >= 15 is 0 Å². The van der Waals surface area contributed by atoms with E-state index in [1.54, 1.807) is 12.1 Å². The highest BCUT2D eigenvalue weighted by Gasteiger charge is 2.22. The van der Waals surface area contributed by atoms with E-state index in [1.807, 2.05) is 26.0 Å². The summed E-state index contributed by atoms with van der Waals surface area (Å²) in [5.74, 6) is -1.68. The third-order valence-electron chi connectivity index (χ3n) is 3.23. The van der Waals surface area contributed by atoms with Crippen LogP contribution in [0.1, 0.15) is 36.7 Å². The van der Waals surface area contributed by atoms with Gasteiger partial charge in [-0.3, -0.25) is 9.59 Å². The van der Waals surface area contributed by atoms with Crippen molar-refractivity contribution in [3.8, 4) is 0 Å². The Labute approximate surface area is 113 Å². The largest absolute Gasteiger partial charge is 0.481 e. The SMILES string of the molecule is CCc1ccc(C(=O)NCC(C(=O)O)C(C)C)cc1. The van der Waals surface area contributed by atoms with Crippen LogP contribution in [0.4, 0.5) is 0 Å². The van der Waals surface area contributed by atoms with Crippen molar-refractivity contribution in [2.45, 2.75) is 27.2 Å². The summed E-state index contributed by atoms with van der Waals surface area (Å²) in [5, 5.41) is 11.7. The van der Waals surface area contributed by atoms with E-state index in [4.69, 9.17) is 5.11 Å². The molecule has 0 heterocycles. The maximum Gasteiger partial charge on any atom is 0.308 e. The van der Waals surface area contributed by atoms with Gasteiger partial charge < -0.3 is 10.4 Å². The van der Waals surface area contributed by atoms with Crippen LogP contribution in [0.15, 0.2) is 24.3 Å². The predicted octanol–water partition coefficient (Wildman–Crippen LogP) is 2.34. The van der Waals surface area contributed by atoms with Gasteiger partial charge in [0.2, 0.25) is 0 Å². The highest BCUT2D eigenvalue weighted by atomic mass is 16.4. The first kappa shape index (κ1) is 15.2. The number of hydrogen-bond donors (Lipinski definition) is 2. The molecular weight excluding hydrogens is 242 g/mol. The first-order chi connectivity index (χ1) is 8.95. The van der Waals surface area contributed by atoms with E-state index < -0.39 is 11.9 Å². The lowest BCUT2D eigenvalue weighted by Crippen LogP contribution is -2.35. The molecule has 1 unspecified atom stereocenters. The fourth-order valence-corrected chi connectivity index (χ4v) is 1.80. The summed E-state index contributed by atoms with van der Waals surface area (Å²) in [7, 11) is 0. The van der Waals surface area contributed by atoms with Crippen LogP contribution in [-0.2, 0) is 11.2 Å². The number of aryl methyl sites for hydroxylation is 1. The summed E-state index contributed by atoms with van der Waals surface area (Å²) in [4.78, 5) is 22.9. The number of nitrogens with one attached hydrogen (secondary N) is 1. The molecular formula is C15H21NO3. The Morgan fingerprint density at radius 2 is 1.79 bits per heavy atom. The number of carboxylic acid groups (broad SMARTS) is 1. The van der Waals surface area contributed by atoms with Crippen LogP contribution in [0.25, 0.3) is 0 Å². The zero-order valence-corrected chi connectivity index (χ0v) is 11.6. The van der Waals surface area contributed by atoms with Gasteiger partial charge in [0.05, 0.1) is 5.92 Å². The van der Waals surface area contributed by atoms with Gasteiger partial charge in [0, 0.05) is 12.1 Å². The number of carbonyl (C=O) groups is 2. The van der Waals surface area contributed by atoms with Crippen LogP contribution in [0, 0.1) is 11.8 Å². The average Bonchev–Trinajstić information content (AvgIpc) is 2.38. The normalized spacial score (nSPS) is 12.2. The van der Waals surface area contributed by atoms with Gasteiger partial charge >= 0.3 is 5.97 Å². The third kappa shape index (κ3) is 4.39. The monoisotopic (exact) mass is 263 g/mol. The van der Waals surface area contributed by atoms with Crippen molar-refractivity contribution in [2.75, 3.05) is 6.54 Å². The van der Waals surface area contributed by atoms with Crippen LogP contribution in [0.5, 0.6) is 0 Å². The van der Waals surface area contributed by atoms with Crippen molar-refractivity contribution in [1.82, 2.24) is 5.32 Å². The summed E-state index contributed by atoms with van der Waals surface area (Å²) in [5.41, 5.74) is 1.73. The summed E-state index contributed by atoms with van der Waals surface area (Å²) in [6, 6.07) is 7.34. The third-order valence-corrected chi connectivity index (χ3v) is 3.23. The molecule has 0 aliphatic rings. The first-order valence-electron chi connectivity index (χ1n) is 6.55. The Hall–Kier alpha value is -1.84. The second-order valence-corrected chi connectivity index (χ2v) is 4.95. The average molecular weight is 263 g/mol. The Morgan fingerprint density at radius 1 is 1.21 bits per heavy atom. The number of rotatable bonds is 6. The molecule has 1 aromatic carbocycles. The molecule has 4 heteroatoms. The number of hydrogen-bond acceptors (Lipinski definition) is 2. The smallest absolute Gasteiger partial charge is 0.308 e. The molecule has 104 valence electrons. The Bertz CT molecular complexity index is 437. The fraction of sp³-hybridized carbons (Fsp3) is 0.467. The van der Waals surface area contributed by atoms with Gasteiger partial charge in [-0.25, -0.2) is 0 Å². The van der Waals surface area contributed by atoms with Gasteiger partial charge in [0.1, 0.15) is 0 Å². The van der Waals surface area contributed by atoms with Crippen molar-refractivity contribution < 1.29 is 14.7 Å². The molecule has 0 saturated heterocycles. The van der Waals surface area contributed by atoms with E-state index in [0.29, 0.717) is 5.56 Å². The lowest BCUT2D eigenvalue weighted by Gasteiger charge is -2.16. The minimum Gasteiger partial charge on any atom is -0.481 e. The Balaban J connectivity index is 2.61. The van der Waals surface area contributed by atoms with Crippen LogP contribution in [0.2, 0.25) is 0 Å². The molecule has 1 aromatic rings. The maximum absolute atomic E-state index is 11.9. The molecule has 2 N–H and O–H groups in total. The van der Waals surface area contributed by atoms with E-state index in [2.05, 4.69) is 12.2 Å². The molecule has 0 radical (unpaired) electrons. The van der Waals surface area contributed by atoms with Crippen LogP contribution < -0.4 is 5.32 Å². The minimum atomic E-state index is -0.878. The molecule has 19 heavy (non-hydrogen) atoms. The number of amides is 1. The lowest BCUT2D eigenvalue weighted by atomic mass is 9.96. The molecule has 0 saturated carbocycles. The summed E-state index contributed by atoms with van der Waals surface area (Å²) in [6.45, 7) is 5.87. The van der Waals surface area contributed by atoms with Crippen LogP contribution in [0.3, 0.4) is 0 Å². The Morgan fingerprint density at radius 3 is 2.21 bits per heavy atom. The van der Waals surface area contributed by atoms with Gasteiger partial charge in [-0.1, -0.05) is 32.9 Å². The molecule has 0 bridgehead atoms.